The number of amides is 1. The van der Waals surface area contributed by atoms with Crippen LogP contribution in [0.15, 0.2) is 18.2 Å². The normalized spacial score (nSPS) is 16.4. The molecule has 8 nitrogen and oxygen atoms in total. The smallest absolute Gasteiger partial charge is 0.416 e. The van der Waals surface area contributed by atoms with Gasteiger partial charge in [-0.3, -0.25) is 14.9 Å². The number of nitro benzene ring substituents is 1. The number of carbonyl (C=O) groups is 2. The maximum absolute atomic E-state index is 12.7. The summed E-state index contributed by atoms with van der Waals surface area (Å²) in [4.78, 5) is 33.7. The van der Waals surface area contributed by atoms with Gasteiger partial charge in [0.1, 0.15) is 5.69 Å². The lowest BCUT2D eigenvalue weighted by atomic mass is 9.85. The van der Waals surface area contributed by atoms with E-state index in [4.69, 9.17) is 4.74 Å². The topological polar surface area (TPSA) is 119 Å². The fourth-order valence-electron chi connectivity index (χ4n) is 2.76. The highest BCUT2D eigenvalue weighted by atomic mass is 19.4. The van der Waals surface area contributed by atoms with Crippen molar-refractivity contribution >= 4 is 23.3 Å². The van der Waals surface area contributed by atoms with Gasteiger partial charge in [0.05, 0.1) is 10.5 Å². The zero-order valence-corrected chi connectivity index (χ0v) is 14.0. The molecule has 2 N–H and O–H groups in total. The molecule has 1 aliphatic rings. The highest BCUT2D eigenvalue weighted by Crippen LogP contribution is 2.35. The van der Waals surface area contributed by atoms with Crippen molar-refractivity contribution in [3.8, 4) is 0 Å². The van der Waals surface area contributed by atoms with E-state index in [2.05, 4.69) is 0 Å². The van der Waals surface area contributed by atoms with Crippen LogP contribution in [0.25, 0.3) is 0 Å². The zero-order valence-electron chi connectivity index (χ0n) is 14.0. The summed E-state index contributed by atoms with van der Waals surface area (Å²) in [5.41, 5.74) is -4.32. The zero-order chi connectivity index (χ0) is 20.2. The number of nitrogens with zero attached hydrogens (tertiary/aromatic N) is 1. The Morgan fingerprint density at radius 3 is 2.44 bits per heavy atom. The summed E-state index contributed by atoms with van der Waals surface area (Å²) in [7, 11) is 0. The fourth-order valence-corrected chi connectivity index (χ4v) is 2.76. The number of alkyl halides is 3. The summed E-state index contributed by atoms with van der Waals surface area (Å²) in [6.07, 6.45) is -2.23. The first-order chi connectivity index (χ1) is 12.5. The number of aliphatic hydroxyl groups is 1. The molecular weight excluding hydrogens is 373 g/mol. The number of ether oxygens (including phenoxy) is 1. The number of hydrogen-bond acceptors (Lipinski definition) is 6. The first kappa shape index (κ1) is 20.6. The van der Waals surface area contributed by atoms with Gasteiger partial charge in [-0.15, -0.1) is 0 Å². The van der Waals surface area contributed by atoms with Gasteiger partial charge in [-0.25, -0.2) is 4.79 Å². The van der Waals surface area contributed by atoms with E-state index in [0.29, 0.717) is 25.0 Å². The SMILES string of the molecule is O=C(COC(=O)C1(O)CCCCC1)Nc1ccc(C(F)(F)F)cc1[N+](=O)[O-]. The van der Waals surface area contributed by atoms with Gasteiger partial charge in [-0.05, 0) is 37.8 Å². The van der Waals surface area contributed by atoms with E-state index >= 15 is 0 Å². The molecule has 148 valence electrons. The number of anilines is 1. The maximum atomic E-state index is 12.7. The molecule has 1 aromatic carbocycles. The molecule has 0 aliphatic heterocycles. The van der Waals surface area contributed by atoms with Crippen LogP contribution in [0.2, 0.25) is 0 Å². The lowest BCUT2D eigenvalue weighted by Crippen LogP contribution is -2.42. The molecule has 0 atom stereocenters. The van der Waals surface area contributed by atoms with Crippen molar-refractivity contribution in [3.05, 3.63) is 33.9 Å². The third-order valence-electron chi connectivity index (χ3n) is 4.19. The summed E-state index contributed by atoms with van der Waals surface area (Å²) >= 11 is 0. The average Bonchev–Trinajstić information content (AvgIpc) is 2.59. The number of nitrogens with one attached hydrogen (secondary N) is 1. The van der Waals surface area contributed by atoms with Crippen LogP contribution in [0, 0.1) is 10.1 Å². The van der Waals surface area contributed by atoms with Crippen LogP contribution in [0.1, 0.15) is 37.7 Å². The van der Waals surface area contributed by atoms with Crippen LogP contribution in [0.5, 0.6) is 0 Å². The van der Waals surface area contributed by atoms with Gasteiger partial charge in [-0.1, -0.05) is 6.42 Å². The lowest BCUT2D eigenvalue weighted by Gasteiger charge is -2.29. The fraction of sp³-hybridized carbons (Fsp3) is 0.500. The summed E-state index contributed by atoms with van der Waals surface area (Å²) < 4.78 is 42.7. The van der Waals surface area contributed by atoms with Crippen molar-refractivity contribution in [1.29, 1.82) is 0 Å². The maximum Gasteiger partial charge on any atom is 0.416 e. The summed E-state index contributed by atoms with van der Waals surface area (Å²) in [6.45, 7) is -0.834. The van der Waals surface area contributed by atoms with Gasteiger partial charge >= 0.3 is 12.1 Å². The van der Waals surface area contributed by atoms with Crippen LogP contribution in [-0.4, -0.2) is 34.1 Å². The molecule has 1 fully saturated rings. The summed E-state index contributed by atoms with van der Waals surface area (Å²) in [6, 6.07) is 1.63. The number of benzene rings is 1. The highest BCUT2D eigenvalue weighted by Gasteiger charge is 2.39. The molecule has 27 heavy (non-hydrogen) atoms. The van der Waals surface area contributed by atoms with Crippen molar-refractivity contribution in [2.45, 2.75) is 43.9 Å². The van der Waals surface area contributed by atoms with Crippen LogP contribution < -0.4 is 5.32 Å². The van der Waals surface area contributed by atoms with Gasteiger partial charge in [-0.2, -0.15) is 13.2 Å². The van der Waals surface area contributed by atoms with Crippen LogP contribution in [0.3, 0.4) is 0 Å². The van der Waals surface area contributed by atoms with Gasteiger partial charge in [0, 0.05) is 6.07 Å². The second-order valence-corrected chi connectivity index (χ2v) is 6.20. The Hall–Kier alpha value is -2.69. The number of hydrogen-bond donors (Lipinski definition) is 2. The standard InChI is InChI=1S/C16H17F3N2O6/c17-16(18,19)10-4-5-11(12(8-10)21(25)26)20-13(22)9-27-14(23)15(24)6-2-1-3-7-15/h4-5,8,24H,1-3,6-7,9H2,(H,20,22). The minimum atomic E-state index is -4.78. The van der Waals surface area contributed by atoms with E-state index in [9.17, 15) is 38.0 Å². The third-order valence-corrected chi connectivity index (χ3v) is 4.19. The molecule has 1 aromatic rings. The number of rotatable bonds is 5. The van der Waals surface area contributed by atoms with E-state index in [0.717, 1.165) is 12.5 Å². The van der Waals surface area contributed by atoms with Crippen molar-refractivity contribution in [1.82, 2.24) is 0 Å². The Morgan fingerprint density at radius 2 is 1.89 bits per heavy atom. The van der Waals surface area contributed by atoms with Gasteiger partial charge in [0.15, 0.2) is 12.2 Å². The van der Waals surface area contributed by atoms with Gasteiger partial charge in [0.25, 0.3) is 11.6 Å². The number of carbonyl (C=O) groups excluding carboxylic acids is 2. The quantitative estimate of drug-likeness (QED) is 0.453. The Morgan fingerprint density at radius 1 is 1.26 bits per heavy atom. The van der Waals surface area contributed by atoms with Crippen molar-refractivity contribution in [2.75, 3.05) is 11.9 Å². The first-order valence-corrected chi connectivity index (χ1v) is 8.08. The average molecular weight is 390 g/mol. The van der Waals surface area contributed by atoms with E-state index in [1.54, 1.807) is 0 Å². The molecule has 1 amide bonds. The second kappa shape index (κ2) is 7.91. The minimum absolute atomic E-state index is 0.206. The molecule has 0 bridgehead atoms. The molecule has 0 heterocycles. The summed E-state index contributed by atoms with van der Waals surface area (Å²) in [5, 5.41) is 23.2. The van der Waals surface area contributed by atoms with E-state index in [1.807, 2.05) is 5.32 Å². The van der Waals surface area contributed by atoms with E-state index < -0.39 is 52.1 Å². The van der Waals surface area contributed by atoms with Gasteiger partial charge in [0.2, 0.25) is 0 Å². The molecule has 1 saturated carbocycles. The molecule has 0 saturated heterocycles. The Bertz CT molecular complexity index is 744. The molecular formula is C16H17F3N2O6. The number of halogens is 3. The van der Waals surface area contributed by atoms with Crippen molar-refractivity contribution in [3.63, 3.8) is 0 Å². The molecule has 11 heteroatoms. The minimum Gasteiger partial charge on any atom is -0.453 e. The predicted molar refractivity (Wildman–Crippen MR) is 85.7 cm³/mol. The highest BCUT2D eigenvalue weighted by molar-refractivity contribution is 5.95. The Balaban J connectivity index is 2.03. The Kier molecular flexibility index (Phi) is 6.04. The molecule has 0 unspecified atom stereocenters. The van der Waals surface area contributed by atoms with E-state index in [1.165, 1.54) is 0 Å². The summed E-state index contributed by atoms with van der Waals surface area (Å²) in [5.74, 6) is -1.95. The predicted octanol–water partition coefficient (Wildman–Crippen LogP) is 2.79. The Labute approximate surface area is 151 Å². The van der Waals surface area contributed by atoms with Crippen LogP contribution in [0.4, 0.5) is 24.5 Å². The molecule has 0 spiro atoms. The molecule has 2 rings (SSSR count). The lowest BCUT2D eigenvalue weighted by molar-refractivity contribution is -0.384. The third kappa shape index (κ3) is 5.16. The number of nitro groups is 1. The van der Waals surface area contributed by atoms with Crippen molar-refractivity contribution < 1.29 is 37.5 Å². The van der Waals surface area contributed by atoms with Crippen molar-refractivity contribution in [2.24, 2.45) is 0 Å². The van der Waals surface area contributed by atoms with Crippen LogP contribution in [-0.2, 0) is 20.5 Å². The molecule has 0 aromatic heterocycles. The monoisotopic (exact) mass is 390 g/mol. The largest absolute Gasteiger partial charge is 0.453 e. The van der Waals surface area contributed by atoms with E-state index in [-0.39, 0.29) is 12.8 Å². The first-order valence-electron chi connectivity index (χ1n) is 8.08. The molecule has 1 aliphatic carbocycles. The second-order valence-electron chi connectivity index (χ2n) is 6.20. The number of esters is 1. The molecule has 0 radical (unpaired) electrons. The van der Waals surface area contributed by atoms with Crippen LogP contribution >= 0.6 is 0 Å². The van der Waals surface area contributed by atoms with Gasteiger partial charge < -0.3 is 15.2 Å².